The van der Waals surface area contributed by atoms with E-state index in [0.717, 1.165) is 24.1 Å². The van der Waals surface area contributed by atoms with Crippen LogP contribution in [0, 0.1) is 0 Å². The molecule has 0 fully saturated rings. The van der Waals surface area contributed by atoms with Crippen LogP contribution in [0.5, 0.6) is 0 Å². The molecule has 0 bridgehead atoms. The lowest BCUT2D eigenvalue weighted by molar-refractivity contribution is 0.593. The van der Waals surface area contributed by atoms with E-state index >= 15 is 0 Å². The molecule has 5 heteroatoms. The van der Waals surface area contributed by atoms with Crippen molar-refractivity contribution in [3.63, 3.8) is 0 Å². The van der Waals surface area contributed by atoms with Gasteiger partial charge in [0.15, 0.2) is 0 Å². The Labute approximate surface area is 93.7 Å². The maximum atomic E-state index is 11.5. The molecule has 1 atom stereocenters. The van der Waals surface area contributed by atoms with Crippen molar-refractivity contribution < 1.29 is 4.55 Å². The van der Waals surface area contributed by atoms with E-state index in [1.54, 1.807) is 10.9 Å². The Morgan fingerprint density at radius 1 is 1.67 bits per heavy atom. The van der Waals surface area contributed by atoms with Crippen molar-refractivity contribution in [1.82, 2.24) is 9.78 Å². The summed E-state index contributed by atoms with van der Waals surface area (Å²) in [6.45, 7) is 3.94. The van der Waals surface area contributed by atoms with Gasteiger partial charge in [0.25, 0.3) is 0 Å². The van der Waals surface area contributed by atoms with Crippen LogP contribution in [0.4, 0.5) is 0 Å². The molecule has 1 unspecified atom stereocenters. The first-order valence-electron chi connectivity index (χ1n) is 5.06. The van der Waals surface area contributed by atoms with Crippen LogP contribution in [0.1, 0.15) is 32.3 Å². The number of aromatic nitrogens is 2. The summed E-state index contributed by atoms with van der Waals surface area (Å²) in [7, 11) is 1.85. The highest BCUT2D eigenvalue weighted by molar-refractivity contribution is 7.90. The zero-order chi connectivity index (χ0) is 11.3. The van der Waals surface area contributed by atoms with Gasteiger partial charge in [-0.3, -0.25) is 4.68 Å². The molecule has 1 aromatic rings. The summed E-state index contributed by atoms with van der Waals surface area (Å²) in [5, 5.41) is 4.04. The van der Waals surface area contributed by atoms with Crippen molar-refractivity contribution in [2.75, 3.05) is 5.75 Å². The van der Waals surface area contributed by atoms with Crippen molar-refractivity contribution in [3.05, 3.63) is 18.0 Å². The van der Waals surface area contributed by atoms with Crippen LogP contribution in [-0.2, 0) is 18.4 Å². The first kappa shape index (κ1) is 12.3. The average molecular weight is 227 g/mol. The second-order valence-corrected chi connectivity index (χ2v) is 4.69. The Hall–Kier alpha value is -0.810. The Bertz CT molecular complexity index is 335. The van der Waals surface area contributed by atoms with E-state index in [9.17, 15) is 4.55 Å². The highest BCUT2D eigenvalue weighted by Crippen LogP contribution is 2.04. The van der Waals surface area contributed by atoms with Crippen LogP contribution in [-0.4, -0.2) is 25.8 Å². The number of hydrogen-bond donors (Lipinski definition) is 0. The van der Waals surface area contributed by atoms with E-state index in [0.29, 0.717) is 5.75 Å². The summed E-state index contributed by atoms with van der Waals surface area (Å²) >= 11 is -1.09. The summed E-state index contributed by atoms with van der Waals surface area (Å²) in [6.07, 6.45) is 5.61. The van der Waals surface area contributed by atoms with E-state index in [-0.39, 0.29) is 0 Å². The highest BCUT2D eigenvalue weighted by Gasteiger charge is 2.07. The minimum absolute atomic E-state index is 0.647. The molecule has 0 radical (unpaired) electrons. The molecular weight excluding hydrogens is 210 g/mol. The SMILES string of the molecule is CCCC[S+]([O-])/N=C(/C)c1cnn(C)c1. The Morgan fingerprint density at radius 2 is 2.40 bits per heavy atom. The second-order valence-electron chi connectivity index (χ2n) is 3.46. The lowest BCUT2D eigenvalue weighted by atomic mass is 10.2. The summed E-state index contributed by atoms with van der Waals surface area (Å²) in [4.78, 5) is 0. The Morgan fingerprint density at radius 3 is 2.93 bits per heavy atom. The van der Waals surface area contributed by atoms with Crippen LogP contribution < -0.4 is 0 Å². The van der Waals surface area contributed by atoms with Gasteiger partial charge < -0.3 is 4.55 Å². The molecule has 4 nitrogen and oxygen atoms in total. The zero-order valence-corrected chi connectivity index (χ0v) is 10.3. The van der Waals surface area contributed by atoms with Gasteiger partial charge in [0, 0.05) is 18.8 Å². The standard InChI is InChI=1S/C10H17N3OS/c1-4-5-6-15(14)12-9(2)10-7-11-13(3)8-10/h7-8H,4-6H2,1-3H3/b12-9-. The number of hydrogen-bond acceptors (Lipinski definition) is 3. The van der Waals surface area contributed by atoms with Gasteiger partial charge in [-0.15, -0.1) is 0 Å². The molecule has 1 rings (SSSR count). The molecule has 0 N–H and O–H groups in total. The lowest BCUT2D eigenvalue weighted by Crippen LogP contribution is -2.06. The predicted molar refractivity (Wildman–Crippen MR) is 63.3 cm³/mol. The van der Waals surface area contributed by atoms with E-state index in [1.807, 2.05) is 20.2 Å². The Balaban J connectivity index is 2.58. The molecule has 0 aromatic carbocycles. The summed E-state index contributed by atoms with van der Waals surface area (Å²) in [5.74, 6) is 0.647. The number of rotatable bonds is 5. The van der Waals surface area contributed by atoms with Gasteiger partial charge in [-0.2, -0.15) is 5.10 Å². The number of nitrogens with zero attached hydrogens (tertiary/aromatic N) is 3. The average Bonchev–Trinajstić information content (AvgIpc) is 2.61. The van der Waals surface area contributed by atoms with Crippen LogP contribution in [0.2, 0.25) is 0 Å². The summed E-state index contributed by atoms with van der Waals surface area (Å²) in [5.41, 5.74) is 1.72. The molecule has 84 valence electrons. The molecule has 15 heavy (non-hydrogen) atoms. The molecule has 0 aliphatic rings. The van der Waals surface area contributed by atoms with Gasteiger partial charge in [-0.1, -0.05) is 17.7 Å². The third-order valence-electron chi connectivity index (χ3n) is 2.03. The van der Waals surface area contributed by atoms with Crippen molar-refractivity contribution in [1.29, 1.82) is 0 Å². The van der Waals surface area contributed by atoms with Crippen LogP contribution in [0.15, 0.2) is 16.8 Å². The molecule has 0 saturated heterocycles. The molecule has 0 aliphatic carbocycles. The molecule has 0 saturated carbocycles. The highest BCUT2D eigenvalue weighted by atomic mass is 32.2. The van der Waals surface area contributed by atoms with Gasteiger partial charge >= 0.3 is 0 Å². The molecule has 1 aromatic heterocycles. The first-order valence-corrected chi connectivity index (χ1v) is 6.34. The quantitative estimate of drug-likeness (QED) is 0.568. The van der Waals surface area contributed by atoms with Gasteiger partial charge in [-0.25, -0.2) is 0 Å². The zero-order valence-electron chi connectivity index (χ0n) is 9.43. The van der Waals surface area contributed by atoms with Crippen molar-refractivity contribution in [2.24, 2.45) is 11.4 Å². The van der Waals surface area contributed by atoms with Crippen LogP contribution in [0.3, 0.4) is 0 Å². The normalized spacial score (nSPS) is 14.3. The van der Waals surface area contributed by atoms with E-state index in [1.165, 1.54) is 0 Å². The van der Waals surface area contributed by atoms with Gasteiger partial charge in [-0.05, 0) is 13.3 Å². The molecule has 0 amide bonds. The largest absolute Gasteiger partial charge is 0.591 e. The van der Waals surface area contributed by atoms with Crippen molar-refractivity contribution >= 4 is 17.1 Å². The lowest BCUT2D eigenvalue weighted by Gasteiger charge is -2.03. The number of unbranched alkanes of at least 4 members (excludes halogenated alkanes) is 1. The monoisotopic (exact) mass is 227 g/mol. The minimum Gasteiger partial charge on any atom is -0.591 e. The van der Waals surface area contributed by atoms with Gasteiger partial charge in [0.2, 0.25) is 0 Å². The Kier molecular flexibility index (Phi) is 4.84. The fourth-order valence-corrected chi connectivity index (χ4v) is 2.16. The van der Waals surface area contributed by atoms with E-state index < -0.39 is 11.4 Å². The predicted octanol–water partition coefficient (Wildman–Crippen LogP) is 1.69. The maximum absolute atomic E-state index is 11.5. The molecule has 1 heterocycles. The van der Waals surface area contributed by atoms with Crippen molar-refractivity contribution in [3.8, 4) is 0 Å². The van der Waals surface area contributed by atoms with Gasteiger partial charge in [0.1, 0.15) is 5.75 Å². The second kappa shape index (κ2) is 5.92. The smallest absolute Gasteiger partial charge is 0.133 e. The topological polar surface area (TPSA) is 53.2 Å². The third-order valence-corrected chi connectivity index (χ3v) is 3.15. The van der Waals surface area contributed by atoms with E-state index in [4.69, 9.17) is 0 Å². The maximum Gasteiger partial charge on any atom is 0.133 e. The van der Waals surface area contributed by atoms with E-state index in [2.05, 4.69) is 16.4 Å². The summed E-state index contributed by atoms with van der Waals surface area (Å²) < 4.78 is 17.3. The molecule has 0 spiro atoms. The molecular formula is C10H17N3OS. The number of aryl methyl sites for hydroxylation is 1. The first-order chi connectivity index (χ1) is 7.13. The fourth-order valence-electron chi connectivity index (χ4n) is 1.13. The van der Waals surface area contributed by atoms with Crippen LogP contribution >= 0.6 is 0 Å². The van der Waals surface area contributed by atoms with Crippen molar-refractivity contribution in [2.45, 2.75) is 26.7 Å². The van der Waals surface area contributed by atoms with Crippen LogP contribution in [0.25, 0.3) is 0 Å². The third kappa shape index (κ3) is 4.05. The van der Waals surface area contributed by atoms with Gasteiger partial charge in [0.05, 0.1) is 23.3 Å². The minimum atomic E-state index is -1.09. The fraction of sp³-hybridized carbons (Fsp3) is 0.600. The summed E-state index contributed by atoms with van der Waals surface area (Å²) in [6, 6.07) is 0. The molecule has 0 aliphatic heterocycles.